The summed E-state index contributed by atoms with van der Waals surface area (Å²) >= 11 is 1.66. The van der Waals surface area contributed by atoms with Gasteiger partial charge in [0, 0.05) is 23.2 Å². The number of hydrogen-bond acceptors (Lipinski definition) is 5. The average molecular weight is 444 g/mol. The van der Waals surface area contributed by atoms with E-state index in [0.29, 0.717) is 30.5 Å². The van der Waals surface area contributed by atoms with Crippen molar-refractivity contribution in [1.82, 2.24) is 9.97 Å². The second-order valence-electron chi connectivity index (χ2n) is 7.92. The summed E-state index contributed by atoms with van der Waals surface area (Å²) in [5.41, 5.74) is 4.18. The Balaban J connectivity index is 1.68. The van der Waals surface area contributed by atoms with Gasteiger partial charge in [-0.2, -0.15) is 0 Å². The minimum Gasteiger partial charge on any atom is -0.478 e. The predicted molar refractivity (Wildman–Crippen MR) is 129 cm³/mol. The van der Waals surface area contributed by atoms with Crippen LogP contribution in [0.15, 0.2) is 78.3 Å². The van der Waals surface area contributed by atoms with Crippen LogP contribution >= 0.6 is 11.3 Å². The van der Waals surface area contributed by atoms with E-state index < -0.39 is 5.97 Å². The van der Waals surface area contributed by atoms with E-state index in [1.54, 1.807) is 29.7 Å². The van der Waals surface area contributed by atoms with Crippen LogP contribution in [0, 0.1) is 0 Å². The van der Waals surface area contributed by atoms with Crippen LogP contribution in [-0.2, 0) is 13.1 Å². The van der Waals surface area contributed by atoms with Crippen molar-refractivity contribution in [3.63, 3.8) is 0 Å². The molecule has 0 fully saturated rings. The summed E-state index contributed by atoms with van der Waals surface area (Å²) in [6.45, 7) is 5.35. The van der Waals surface area contributed by atoms with Gasteiger partial charge in [0.25, 0.3) is 0 Å². The summed E-state index contributed by atoms with van der Waals surface area (Å²) in [7, 11) is 0. The maximum absolute atomic E-state index is 11.7. The highest BCUT2D eigenvalue weighted by Crippen LogP contribution is 2.25. The van der Waals surface area contributed by atoms with Crippen LogP contribution in [0.25, 0.3) is 11.3 Å². The van der Waals surface area contributed by atoms with E-state index in [2.05, 4.69) is 49.2 Å². The van der Waals surface area contributed by atoms with Gasteiger partial charge in [0.1, 0.15) is 0 Å². The van der Waals surface area contributed by atoms with Crippen LogP contribution in [0.3, 0.4) is 0 Å². The van der Waals surface area contributed by atoms with E-state index in [1.807, 2.05) is 34.5 Å². The lowest BCUT2D eigenvalue weighted by Crippen LogP contribution is -2.25. The van der Waals surface area contributed by atoms with Crippen LogP contribution in [0.5, 0.6) is 0 Å². The topological polar surface area (TPSA) is 66.3 Å². The predicted octanol–water partition coefficient (Wildman–Crippen LogP) is 6.23. The Morgan fingerprint density at radius 2 is 1.78 bits per heavy atom. The highest BCUT2D eigenvalue weighted by molar-refractivity contribution is 7.09. The number of thiophene rings is 1. The van der Waals surface area contributed by atoms with Crippen LogP contribution in [-0.4, -0.2) is 21.0 Å². The van der Waals surface area contributed by atoms with E-state index >= 15 is 0 Å². The molecule has 0 aliphatic heterocycles. The molecule has 0 aliphatic carbocycles. The molecule has 5 nitrogen and oxygen atoms in total. The van der Waals surface area contributed by atoms with Crippen LogP contribution in [0.2, 0.25) is 0 Å². The first kappa shape index (κ1) is 21.7. The number of carboxylic acid groups (broad SMARTS) is 1. The monoisotopic (exact) mass is 443 g/mol. The van der Waals surface area contributed by atoms with E-state index in [1.165, 1.54) is 5.56 Å². The molecule has 4 aromatic rings. The Labute approximate surface area is 192 Å². The van der Waals surface area contributed by atoms with Crippen molar-refractivity contribution < 1.29 is 9.90 Å². The van der Waals surface area contributed by atoms with Gasteiger partial charge in [-0.05, 0) is 40.6 Å². The molecule has 0 unspecified atom stereocenters. The number of hydrogen-bond donors (Lipinski definition) is 1. The Kier molecular flexibility index (Phi) is 6.61. The fourth-order valence-electron chi connectivity index (χ4n) is 3.56. The molecule has 0 saturated heterocycles. The molecule has 0 aliphatic rings. The maximum atomic E-state index is 11.7. The number of rotatable bonds is 8. The Hall–Kier alpha value is -3.51. The molecule has 2 aromatic heterocycles. The second kappa shape index (κ2) is 9.75. The normalized spacial score (nSPS) is 11.0. The standard InChI is InChI=1S/C26H25N3O2S/c1-18(2)19-9-11-20(12-10-19)24-13-14-27-26(28-24)29(17-22-7-5-15-32-22)16-21-6-3-4-8-23(21)25(30)31/h3-15,18H,16-17H2,1-2H3,(H,30,31). The highest BCUT2D eigenvalue weighted by Gasteiger charge is 2.17. The van der Waals surface area contributed by atoms with E-state index in [9.17, 15) is 9.90 Å². The quantitative estimate of drug-likeness (QED) is 0.349. The highest BCUT2D eigenvalue weighted by atomic mass is 32.1. The first-order valence-electron chi connectivity index (χ1n) is 10.5. The number of benzene rings is 2. The summed E-state index contributed by atoms with van der Waals surface area (Å²) in [5.74, 6) is 0.112. The summed E-state index contributed by atoms with van der Waals surface area (Å²) < 4.78 is 0. The van der Waals surface area contributed by atoms with Gasteiger partial charge >= 0.3 is 5.97 Å². The molecule has 6 heteroatoms. The fourth-order valence-corrected chi connectivity index (χ4v) is 4.28. The molecule has 0 radical (unpaired) electrons. The van der Waals surface area contributed by atoms with Crippen molar-refractivity contribution in [2.45, 2.75) is 32.9 Å². The summed E-state index contributed by atoms with van der Waals surface area (Å²) in [6, 6.07) is 21.5. The van der Waals surface area contributed by atoms with E-state index in [4.69, 9.17) is 4.98 Å². The molecule has 162 valence electrons. The first-order valence-corrected chi connectivity index (χ1v) is 11.4. The zero-order chi connectivity index (χ0) is 22.5. The minimum absolute atomic E-state index is 0.295. The van der Waals surface area contributed by atoms with Crippen LogP contribution in [0.4, 0.5) is 5.95 Å². The number of carboxylic acids is 1. The number of nitrogens with zero attached hydrogens (tertiary/aromatic N) is 3. The van der Waals surface area contributed by atoms with Gasteiger partial charge in [0.05, 0.1) is 17.8 Å². The Morgan fingerprint density at radius 3 is 2.47 bits per heavy atom. The molecule has 32 heavy (non-hydrogen) atoms. The lowest BCUT2D eigenvalue weighted by Gasteiger charge is -2.23. The van der Waals surface area contributed by atoms with Gasteiger partial charge in [-0.3, -0.25) is 0 Å². The van der Waals surface area contributed by atoms with Gasteiger partial charge in [-0.15, -0.1) is 11.3 Å². The summed E-state index contributed by atoms with van der Waals surface area (Å²) in [4.78, 5) is 24.3. The average Bonchev–Trinajstić information content (AvgIpc) is 3.32. The first-order chi connectivity index (χ1) is 15.5. The third-order valence-electron chi connectivity index (χ3n) is 5.33. The van der Waals surface area contributed by atoms with Crippen LogP contribution < -0.4 is 4.90 Å². The SMILES string of the molecule is CC(C)c1ccc(-c2ccnc(N(Cc3cccs3)Cc3ccccc3C(=O)O)n2)cc1. The maximum Gasteiger partial charge on any atom is 0.336 e. The smallest absolute Gasteiger partial charge is 0.336 e. The van der Waals surface area contributed by atoms with E-state index in [0.717, 1.165) is 21.7 Å². The fraction of sp³-hybridized carbons (Fsp3) is 0.192. The van der Waals surface area contributed by atoms with E-state index in [-0.39, 0.29) is 0 Å². The molecule has 2 aromatic carbocycles. The molecular formula is C26H25N3O2S. The second-order valence-corrected chi connectivity index (χ2v) is 8.95. The van der Waals surface area contributed by atoms with Crippen molar-refractivity contribution in [2.75, 3.05) is 4.90 Å². The molecule has 0 atom stereocenters. The summed E-state index contributed by atoms with van der Waals surface area (Å²) in [6.07, 6.45) is 1.76. The Morgan fingerprint density at radius 1 is 1.00 bits per heavy atom. The van der Waals surface area contributed by atoms with Gasteiger partial charge in [0.2, 0.25) is 5.95 Å². The number of aromatic nitrogens is 2. The lowest BCUT2D eigenvalue weighted by molar-refractivity contribution is 0.0695. The van der Waals surface area contributed by atoms with Crippen molar-refractivity contribution in [3.8, 4) is 11.3 Å². The summed E-state index contributed by atoms with van der Waals surface area (Å²) in [5, 5.41) is 11.6. The molecule has 2 heterocycles. The van der Waals surface area contributed by atoms with Crippen molar-refractivity contribution in [3.05, 3.63) is 99.9 Å². The number of anilines is 1. The lowest BCUT2D eigenvalue weighted by atomic mass is 10.0. The van der Waals surface area contributed by atoms with Crippen molar-refractivity contribution in [2.24, 2.45) is 0 Å². The molecule has 0 spiro atoms. The number of carbonyl (C=O) groups is 1. The van der Waals surface area contributed by atoms with Crippen molar-refractivity contribution in [1.29, 1.82) is 0 Å². The van der Waals surface area contributed by atoms with Gasteiger partial charge in [0.15, 0.2) is 0 Å². The molecule has 0 bridgehead atoms. The third-order valence-corrected chi connectivity index (χ3v) is 6.20. The Bertz CT molecular complexity index is 1190. The van der Waals surface area contributed by atoms with Crippen molar-refractivity contribution >= 4 is 23.3 Å². The molecule has 4 rings (SSSR count). The van der Waals surface area contributed by atoms with Crippen LogP contribution in [0.1, 0.15) is 46.1 Å². The molecule has 0 saturated carbocycles. The molecular weight excluding hydrogens is 418 g/mol. The zero-order valence-corrected chi connectivity index (χ0v) is 18.9. The number of aromatic carboxylic acids is 1. The largest absolute Gasteiger partial charge is 0.478 e. The zero-order valence-electron chi connectivity index (χ0n) is 18.1. The van der Waals surface area contributed by atoms with Gasteiger partial charge < -0.3 is 10.0 Å². The minimum atomic E-state index is -0.934. The molecule has 0 amide bonds. The van der Waals surface area contributed by atoms with Gasteiger partial charge in [-0.1, -0.05) is 62.4 Å². The van der Waals surface area contributed by atoms with Gasteiger partial charge in [-0.25, -0.2) is 14.8 Å². The molecule has 1 N–H and O–H groups in total. The third kappa shape index (κ3) is 5.03.